The van der Waals surface area contributed by atoms with Crippen molar-refractivity contribution in [2.24, 2.45) is 0 Å². The number of nitrogens with zero attached hydrogens (tertiary/aromatic N) is 1. The maximum Gasteiger partial charge on any atom is 0.242 e. The summed E-state index contributed by atoms with van der Waals surface area (Å²) < 4.78 is 0. The molecule has 1 aliphatic heterocycles. The molecule has 0 saturated carbocycles. The van der Waals surface area contributed by atoms with E-state index in [2.05, 4.69) is 10.6 Å². The van der Waals surface area contributed by atoms with Crippen LogP contribution in [-0.2, 0) is 16.0 Å². The maximum absolute atomic E-state index is 12.0. The quantitative estimate of drug-likeness (QED) is 0.835. The van der Waals surface area contributed by atoms with Crippen LogP contribution in [0.25, 0.3) is 0 Å². The molecule has 1 heterocycles. The molecule has 0 aromatic heterocycles. The predicted octanol–water partition coefficient (Wildman–Crippen LogP) is 0.618. The van der Waals surface area contributed by atoms with E-state index in [9.17, 15) is 9.59 Å². The summed E-state index contributed by atoms with van der Waals surface area (Å²) in [4.78, 5) is 24.9. The zero-order valence-corrected chi connectivity index (χ0v) is 11.3. The SMILES string of the molecule is CN(C)C(=O)CCNC(=O)C1Cc2ccccc2N1. The first-order valence-electron chi connectivity index (χ1n) is 6.40. The van der Waals surface area contributed by atoms with Crippen molar-refractivity contribution in [1.82, 2.24) is 10.2 Å². The summed E-state index contributed by atoms with van der Waals surface area (Å²) >= 11 is 0. The molecule has 1 unspecified atom stereocenters. The second kappa shape index (κ2) is 5.73. The zero-order chi connectivity index (χ0) is 13.8. The molecule has 0 saturated heterocycles. The van der Waals surface area contributed by atoms with Crippen LogP contribution in [-0.4, -0.2) is 43.4 Å². The minimum absolute atomic E-state index is 0.0166. The molecule has 2 N–H and O–H groups in total. The van der Waals surface area contributed by atoms with Gasteiger partial charge >= 0.3 is 0 Å². The molecule has 5 nitrogen and oxygen atoms in total. The molecule has 5 heteroatoms. The van der Waals surface area contributed by atoms with Crippen LogP contribution in [0.4, 0.5) is 5.69 Å². The van der Waals surface area contributed by atoms with Crippen molar-refractivity contribution in [3.63, 3.8) is 0 Å². The van der Waals surface area contributed by atoms with E-state index in [0.717, 1.165) is 11.3 Å². The number of hydrogen-bond donors (Lipinski definition) is 2. The van der Waals surface area contributed by atoms with E-state index in [1.54, 1.807) is 14.1 Å². The molecule has 19 heavy (non-hydrogen) atoms. The van der Waals surface area contributed by atoms with Crippen molar-refractivity contribution in [3.8, 4) is 0 Å². The molecule has 0 spiro atoms. The van der Waals surface area contributed by atoms with Gasteiger partial charge in [0.1, 0.15) is 6.04 Å². The average molecular weight is 261 g/mol. The molecule has 0 fully saturated rings. The Labute approximate surface area is 113 Å². The Bertz CT molecular complexity index is 460. The Morgan fingerprint density at radius 1 is 1.37 bits per heavy atom. The van der Waals surface area contributed by atoms with Gasteiger partial charge in [-0.2, -0.15) is 0 Å². The summed E-state index contributed by atoms with van der Waals surface area (Å²) in [6, 6.07) is 7.67. The van der Waals surface area contributed by atoms with Gasteiger partial charge in [0, 0.05) is 39.2 Å². The van der Waals surface area contributed by atoms with E-state index < -0.39 is 0 Å². The summed E-state index contributed by atoms with van der Waals surface area (Å²) in [5, 5.41) is 5.98. The summed E-state index contributed by atoms with van der Waals surface area (Å²) in [6.07, 6.45) is 1.03. The summed E-state index contributed by atoms with van der Waals surface area (Å²) in [7, 11) is 3.42. The number of anilines is 1. The predicted molar refractivity (Wildman–Crippen MR) is 73.9 cm³/mol. The van der Waals surface area contributed by atoms with Gasteiger partial charge < -0.3 is 15.5 Å². The van der Waals surface area contributed by atoms with E-state index in [0.29, 0.717) is 19.4 Å². The fourth-order valence-electron chi connectivity index (χ4n) is 2.10. The van der Waals surface area contributed by atoms with Crippen LogP contribution >= 0.6 is 0 Å². The van der Waals surface area contributed by atoms with Crippen LogP contribution in [0.15, 0.2) is 24.3 Å². The van der Waals surface area contributed by atoms with Crippen LogP contribution in [0.3, 0.4) is 0 Å². The van der Waals surface area contributed by atoms with Crippen LogP contribution in [0.5, 0.6) is 0 Å². The normalized spacial score (nSPS) is 16.4. The molecule has 1 atom stereocenters. The molecule has 0 aliphatic carbocycles. The van der Waals surface area contributed by atoms with Gasteiger partial charge in [0.2, 0.25) is 11.8 Å². The Morgan fingerprint density at radius 3 is 2.79 bits per heavy atom. The molecule has 0 bridgehead atoms. The molecule has 2 rings (SSSR count). The molecule has 0 radical (unpaired) electrons. The number of carbonyl (C=O) groups is 2. The van der Waals surface area contributed by atoms with Gasteiger partial charge in [-0.3, -0.25) is 9.59 Å². The highest BCUT2D eigenvalue weighted by Gasteiger charge is 2.25. The fraction of sp³-hybridized carbons (Fsp3) is 0.429. The van der Waals surface area contributed by atoms with Crippen molar-refractivity contribution in [3.05, 3.63) is 29.8 Å². The van der Waals surface area contributed by atoms with Gasteiger partial charge in [0.05, 0.1) is 0 Å². The standard InChI is InChI=1S/C14H19N3O2/c1-17(2)13(18)7-8-15-14(19)12-9-10-5-3-4-6-11(10)16-12/h3-6,12,16H,7-9H2,1-2H3,(H,15,19). The summed E-state index contributed by atoms with van der Waals surface area (Å²) in [6.45, 7) is 0.379. The number of para-hydroxylation sites is 1. The van der Waals surface area contributed by atoms with Gasteiger partial charge in [0.25, 0.3) is 0 Å². The highest BCUT2D eigenvalue weighted by molar-refractivity contribution is 5.87. The molecular formula is C14H19N3O2. The van der Waals surface area contributed by atoms with E-state index in [1.165, 1.54) is 4.90 Å². The first kappa shape index (κ1) is 13.4. The molecule has 102 valence electrons. The Morgan fingerprint density at radius 2 is 2.11 bits per heavy atom. The number of rotatable bonds is 4. The number of carbonyl (C=O) groups excluding carboxylic acids is 2. The minimum Gasteiger partial charge on any atom is -0.373 e. The molecule has 2 amide bonds. The average Bonchev–Trinajstić information content (AvgIpc) is 2.82. The number of fused-ring (bicyclic) bond motifs is 1. The maximum atomic E-state index is 12.0. The first-order valence-corrected chi connectivity index (χ1v) is 6.40. The number of benzene rings is 1. The Balaban J connectivity index is 1.79. The third-order valence-electron chi connectivity index (χ3n) is 3.22. The lowest BCUT2D eigenvalue weighted by molar-refractivity contribution is -0.128. The monoisotopic (exact) mass is 261 g/mol. The molecule has 1 aromatic carbocycles. The second-order valence-electron chi connectivity index (χ2n) is 4.89. The van der Waals surface area contributed by atoms with Crippen LogP contribution in [0, 0.1) is 0 Å². The van der Waals surface area contributed by atoms with Crippen LogP contribution in [0.1, 0.15) is 12.0 Å². The van der Waals surface area contributed by atoms with Gasteiger partial charge in [-0.1, -0.05) is 18.2 Å². The van der Waals surface area contributed by atoms with Crippen molar-refractivity contribution in [2.75, 3.05) is 26.0 Å². The lowest BCUT2D eigenvalue weighted by Crippen LogP contribution is -2.40. The number of amides is 2. The van der Waals surface area contributed by atoms with E-state index >= 15 is 0 Å². The Hall–Kier alpha value is -2.04. The van der Waals surface area contributed by atoms with E-state index in [-0.39, 0.29) is 17.9 Å². The zero-order valence-electron chi connectivity index (χ0n) is 11.3. The molecule has 1 aromatic rings. The second-order valence-corrected chi connectivity index (χ2v) is 4.89. The van der Waals surface area contributed by atoms with E-state index in [4.69, 9.17) is 0 Å². The number of hydrogen-bond acceptors (Lipinski definition) is 3. The third-order valence-corrected chi connectivity index (χ3v) is 3.22. The van der Waals surface area contributed by atoms with Gasteiger partial charge in [-0.25, -0.2) is 0 Å². The van der Waals surface area contributed by atoms with Crippen LogP contribution in [0.2, 0.25) is 0 Å². The smallest absolute Gasteiger partial charge is 0.242 e. The molecule has 1 aliphatic rings. The highest BCUT2D eigenvalue weighted by atomic mass is 16.2. The van der Waals surface area contributed by atoms with Crippen molar-refractivity contribution >= 4 is 17.5 Å². The Kier molecular flexibility index (Phi) is 4.04. The van der Waals surface area contributed by atoms with Crippen molar-refractivity contribution < 1.29 is 9.59 Å². The third kappa shape index (κ3) is 3.24. The topological polar surface area (TPSA) is 61.4 Å². The molecular weight excluding hydrogens is 242 g/mol. The number of nitrogens with one attached hydrogen (secondary N) is 2. The largest absolute Gasteiger partial charge is 0.373 e. The van der Waals surface area contributed by atoms with Gasteiger partial charge in [0.15, 0.2) is 0 Å². The lowest BCUT2D eigenvalue weighted by Gasteiger charge is -2.13. The van der Waals surface area contributed by atoms with Gasteiger partial charge in [-0.05, 0) is 11.6 Å². The van der Waals surface area contributed by atoms with Gasteiger partial charge in [-0.15, -0.1) is 0 Å². The summed E-state index contributed by atoms with van der Waals surface area (Å²) in [5.41, 5.74) is 2.18. The minimum atomic E-state index is -0.230. The van der Waals surface area contributed by atoms with Crippen molar-refractivity contribution in [2.45, 2.75) is 18.9 Å². The fourth-order valence-corrected chi connectivity index (χ4v) is 2.10. The lowest BCUT2D eigenvalue weighted by atomic mass is 10.1. The van der Waals surface area contributed by atoms with Crippen molar-refractivity contribution in [1.29, 1.82) is 0 Å². The van der Waals surface area contributed by atoms with Crippen LogP contribution < -0.4 is 10.6 Å². The first-order chi connectivity index (χ1) is 9.08. The highest BCUT2D eigenvalue weighted by Crippen LogP contribution is 2.24. The summed E-state index contributed by atoms with van der Waals surface area (Å²) in [5.74, 6) is -0.0364. The van der Waals surface area contributed by atoms with E-state index in [1.807, 2.05) is 24.3 Å².